The molecule has 1 unspecified atom stereocenters. The minimum absolute atomic E-state index is 0.415. The summed E-state index contributed by atoms with van der Waals surface area (Å²) < 4.78 is 5.86. The second-order valence-electron chi connectivity index (χ2n) is 5.99. The zero-order valence-corrected chi connectivity index (χ0v) is 12.5. The summed E-state index contributed by atoms with van der Waals surface area (Å²) in [6.45, 7) is 4.00. The number of nitrogens with zero attached hydrogens (tertiary/aromatic N) is 4. The van der Waals surface area contributed by atoms with Gasteiger partial charge in [-0.3, -0.25) is 4.90 Å². The fourth-order valence-electron chi connectivity index (χ4n) is 3.16. The van der Waals surface area contributed by atoms with Crippen LogP contribution in [0.2, 0.25) is 0 Å². The van der Waals surface area contributed by atoms with Crippen LogP contribution in [0.1, 0.15) is 30.5 Å². The van der Waals surface area contributed by atoms with E-state index < -0.39 is 0 Å². The fraction of sp³-hybridized carbons (Fsp3) is 0.733. The Morgan fingerprint density at radius 2 is 2.25 bits per heavy atom. The van der Waals surface area contributed by atoms with Gasteiger partial charge in [-0.2, -0.15) is 0 Å². The zero-order valence-electron chi connectivity index (χ0n) is 12.5. The lowest BCUT2D eigenvalue weighted by atomic mass is 10.0. The lowest BCUT2D eigenvalue weighted by Crippen LogP contribution is -2.39. The number of ether oxygens (including phenoxy) is 1. The molecule has 2 aliphatic rings. The van der Waals surface area contributed by atoms with E-state index in [9.17, 15) is 0 Å². The van der Waals surface area contributed by atoms with Crippen LogP contribution < -0.4 is 4.90 Å². The van der Waals surface area contributed by atoms with Crippen LogP contribution in [0.3, 0.4) is 0 Å². The predicted octanol–water partition coefficient (Wildman–Crippen LogP) is 1.47. The monoisotopic (exact) mass is 276 g/mol. The molecule has 0 spiro atoms. The summed E-state index contributed by atoms with van der Waals surface area (Å²) in [5.74, 6) is 1.06. The molecule has 1 aromatic heterocycles. The first-order valence-electron chi connectivity index (χ1n) is 7.58. The van der Waals surface area contributed by atoms with E-state index in [4.69, 9.17) is 4.74 Å². The second-order valence-corrected chi connectivity index (χ2v) is 5.99. The molecule has 1 atom stereocenters. The van der Waals surface area contributed by atoms with Gasteiger partial charge in [0, 0.05) is 52.3 Å². The van der Waals surface area contributed by atoms with Crippen molar-refractivity contribution in [1.82, 2.24) is 14.9 Å². The zero-order chi connectivity index (χ0) is 13.9. The predicted molar refractivity (Wildman–Crippen MR) is 78.9 cm³/mol. The molecule has 0 aromatic carbocycles. The van der Waals surface area contributed by atoms with Gasteiger partial charge in [-0.1, -0.05) is 0 Å². The maximum Gasteiger partial charge on any atom is 0.136 e. The van der Waals surface area contributed by atoms with E-state index >= 15 is 0 Å². The molecule has 0 N–H and O–H groups in total. The Balaban J connectivity index is 1.70. The van der Waals surface area contributed by atoms with Gasteiger partial charge < -0.3 is 9.64 Å². The van der Waals surface area contributed by atoms with Crippen molar-refractivity contribution in [3.8, 4) is 0 Å². The molecule has 110 valence electrons. The number of hydrogen-bond donors (Lipinski definition) is 0. The Hall–Kier alpha value is -1.20. The molecule has 3 rings (SSSR count). The third kappa shape index (κ3) is 2.94. The third-order valence-electron chi connectivity index (χ3n) is 4.22. The van der Waals surface area contributed by atoms with Crippen molar-refractivity contribution in [1.29, 1.82) is 0 Å². The van der Waals surface area contributed by atoms with E-state index in [1.165, 1.54) is 30.5 Å². The van der Waals surface area contributed by atoms with E-state index in [0.29, 0.717) is 6.10 Å². The minimum Gasteiger partial charge on any atom is -0.377 e. The molecular weight excluding hydrogens is 252 g/mol. The molecule has 5 nitrogen and oxygen atoms in total. The number of fused-ring (bicyclic) bond motifs is 1. The maximum atomic E-state index is 5.86. The van der Waals surface area contributed by atoms with Crippen LogP contribution in [-0.2, 0) is 17.7 Å². The van der Waals surface area contributed by atoms with E-state index in [2.05, 4.69) is 19.8 Å². The van der Waals surface area contributed by atoms with Crippen LogP contribution in [0.25, 0.3) is 0 Å². The molecule has 0 amide bonds. The minimum atomic E-state index is 0.415. The van der Waals surface area contributed by atoms with Crippen LogP contribution in [0, 0.1) is 0 Å². The van der Waals surface area contributed by atoms with Gasteiger partial charge in [0.1, 0.15) is 12.1 Å². The Kier molecular flexibility index (Phi) is 4.17. The average molecular weight is 276 g/mol. The lowest BCUT2D eigenvalue weighted by Gasteiger charge is -2.34. The summed E-state index contributed by atoms with van der Waals surface area (Å²) in [6.07, 6.45) is 6.85. The van der Waals surface area contributed by atoms with Crippen molar-refractivity contribution >= 4 is 5.82 Å². The summed E-state index contributed by atoms with van der Waals surface area (Å²) in [5, 5.41) is 0. The first-order chi connectivity index (χ1) is 9.74. The molecule has 0 aliphatic carbocycles. The van der Waals surface area contributed by atoms with Crippen LogP contribution in [0.4, 0.5) is 5.82 Å². The first-order valence-corrected chi connectivity index (χ1v) is 7.58. The summed E-state index contributed by atoms with van der Waals surface area (Å²) >= 11 is 0. The van der Waals surface area contributed by atoms with Gasteiger partial charge in [-0.05, 0) is 19.3 Å². The van der Waals surface area contributed by atoms with Gasteiger partial charge in [0.25, 0.3) is 0 Å². The van der Waals surface area contributed by atoms with Crippen molar-refractivity contribution in [2.75, 3.05) is 38.7 Å². The number of hydrogen-bond acceptors (Lipinski definition) is 5. The van der Waals surface area contributed by atoms with Crippen molar-refractivity contribution in [3.63, 3.8) is 0 Å². The van der Waals surface area contributed by atoms with Gasteiger partial charge in [0.2, 0.25) is 0 Å². The van der Waals surface area contributed by atoms with Crippen molar-refractivity contribution in [2.24, 2.45) is 0 Å². The number of rotatable bonds is 3. The Bertz CT molecular complexity index is 457. The summed E-state index contributed by atoms with van der Waals surface area (Å²) in [7, 11) is 4.09. The summed E-state index contributed by atoms with van der Waals surface area (Å²) in [4.78, 5) is 13.5. The van der Waals surface area contributed by atoms with Crippen LogP contribution in [0.15, 0.2) is 6.33 Å². The fourth-order valence-corrected chi connectivity index (χ4v) is 3.16. The topological polar surface area (TPSA) is 41.5 Å². The largest absolute Gasteiger partial charge is 0.377 e. The van der Waals surface area contributed by atoms with Gasteiger partial charge in [-0.25, -0.2) is 9.97 Å². The first kappa shape index (κ1) is 13.8. The molecule has 5 heteroatoms. The van der Waals surface area contributed by atoms with E-state index in [1.807, 2.05) is 14.1 Å². The smallest absolute Gasteiger partial charge is 0.136 e. The lowest BCUT2D eigenvalue weighted by molar-refractivity contribution is -0.00811. The molecule has 2 aliphatic heterocycles. The standard InChI is InChI=1S/C15H24N4O/c1-18(2)15-13-10-19(7-6-14(13)16-11-17-15)9-12-5-3-4-8-20-12/h11-12H,3-10H2,1-2H3. The highest BCUT2D eigenvalue weighted by Crippen LogP contribution is 2.25. The molecule has 0 bridgehead atoms. The van der Waals surface area contributed by atoms with Crippen molar-refractivity contribution in [3.05, 3.63) is 17.6 Å². The highest BCUT2D eigenvalue weighted by atomic mass is 16.5. The van der Waals surface area contributed by atoms with Crippen molar-refractivity contribution < 1.29 is 4.74 Å². The quantitative estimate of drug-likeness (QED) is 0.836. The Morgan fingerprint density at radius 3 is 3.00 bits per heavy atom. The van der Waals surface area contributed by atoms with Crippen molar-refractivity contribution in [2.45, 2.75) is 38.3 Å². The molecule has 3 heterocycles. The molecule has 1 aromatic rings. The van der Waals surface area contributed by atoms with E-state index in [0.717, 1.165) is 38.5 Å². The number of aromatic nitrogens is 2. The SMILES string of the molecule is CN(C)c1ncnc2c1CN(CC1CCCCO1)CC2. The number of anilines is 1. The van der Waals surface area contributed by atoms with E-state index in [-0.39, 0.29) is 0 Å². The second kappa shape index (κ2) is 6.06. The van der Waals surface area contributed by atoms with Crippen LogP contribution in [0.5, 0.6) is 0 Å². The molecule has 20 heavy (non-hydrogen) atoms. The normalized spacial score (nSPS) is 23.4. The Labute approximate surface area is 121 Å². The van der Waals surface area contributed by atoms with Gasteiger partial charge in [0.15, 0.2) is 0 Å². The maximum absolute atomic E-state index is 5.86. The van der Waals surface area contributed by atoms with Gasteiger partial charge in [0.05, 0.1) is 11.8 Å². The molecule has 1 fully saturated rings. The van der Waals surface area contributed by atoms with E-state index in [1.54, 1.807) is 6.33 Å². The summed E-state index contributed by atoms with van der Waals surface area (Å²) in [6, 6.07) is 0. The molecule has 0 radical (unpaired) electrons. The molecule has 1 saturated heterocycles. The van der Waals surface area contributed by atoms with Crippen LogP contribution in [-0.4, -0.2) is 54.8 Å². The van der Waals surface area contributed by atoms with Gasteiger partial charge >= 0.3 is 0 Å². The molecular formula is C15H24N4O. The van der Waals surface area contributed by atoms with Crippen LogP contribution >= 0.6 is 0 Å². The third-order valence-corrected chi connectivity index (χ3v) is 4.22. The van der Waals surface area contributed by atoms with Gasteiger partial charge in [-0.15, -0.1) is 0 Å². The molecule has 0 saturated carbocycles. The Morgan fingerprint density at radius 1 is 1.35 bits per heavy atom. The highest BCUT2D eigenvalue weighted by molar-refractivity contribution is 5.48. The summed E-state index contributed by atoms with van der Waals surface area (Å²) in [5.41, 5.74) is 2.50. The average Bonchev–Trinajstić information content (AvgIpc) is 2.47. The highest BCUT2D eigenvalue weighted by Gasteiger charge is 2.24.